The molecule has 1 N–H and O–H groups in total. The average Bonchev–Trinajstić information content (AvgIpc) is 2.05. The molecule has 0 unspecified atom stereocenters. The fraction of sp³-hybridized carbons (Fsp3) is 0.500. The van der Waals surface area contributed by atoms with Crippen molar-refractivity contribution in [3.8, 4) is 0 Å². The van der Waals surface area contributed by atoms with Crippen LogP contribution in [0.25, 0.3) is 0 Å². The van der Waals surface area contributed by atoms with Gasteiger partial charge >= 0.3 is 5.97 Å². The fourth-order valence-electron chi connectivity index (χ4n) is 0.356. The molecule has 12 heavy (non-hydrogen) atoms. The number of methoxy groups -OCH3 is 1. The first-order chi connectivity index (χ1) is 5.57. The number of hydrogen-bond acceptors (Lipinski definition) is 4. The Hall–Kier alpha value is -1.32. The third-order valence-corrected chi connectivity index (χ3v) is 0.735. The minimum absolute atomic E-state index is 0.400. The van der Waals surface area contributed by atoms with Gasteiger partial charge in [-0.2, -0.15) is 0 Å². The van der Waals surface area contributed by atoms with Gasteiger partial charge < -0.3 is 9.84 Å². The molecular formula is C8H14O4. The first-order valence-electron chi connectivity index (χ1n) is 3.57. The highest BCUT2D eigenvalue weighted by atomic mass is 16.5. The summed E-state index contributed by atoms with van der Waals surface area (Å²) in [6, 6.07) is 0. The molecule has 0 saturated heterocycles. The summed E-state index contributed by atoms with van der Waals surface area (Å²) in [4.78, 5) is 20.6. The number of allylic oxidation sites excluding steroid dienone is 1. The highest BCUT2D eigenvalue weighted by Gasteiger charge is 2.06. The number of ether oxygens (including phenoxy) is 1. The smallest absolute Gasteiger partial charge is 0.373 e. The van der Waals surface area contributed by atoms with Crippen LogP contribution in [0.15, 0.2) is 11.8 Å². The second-order valence-electron chi connectivity index (χ2n) is 1.63. The molecule has 0 aromatic carbocycles. The molecule has 0 radical (unpaired) electrons. The molecule has 0 aliphatic carbocycles. The molecule has 0 heterocycles. The molecular weight excluding hydrogens is 160 g/mol. The summed E-state index contributed by atoms with van der Waals surface area (Å²) >= 11 is 0. The normalized spacial score (nSPS) is 9.50. The summed E-state index contributed by atoms with van der Waals surface area (Å²) in [5.74, 6) is -1.98. The first-order valence-corrected chi connectivity index (χ1v) is 3.57. The standard InChI is InChI=1S/C6H8O4.C2H6/c1-4(7)3-5(8)6(9)10-2;1-2/h3,8H,1-2H3;1-2H3. The van der Waals surface area contributed by atoms with Crippen LogP contribution in [0.1, 0.15) is 20.8 Å². The van der Waals surface area contributed by atoms with Crippen molar-refractivity contribution in [1.29, 1.82) is 0 Å². The molecule has 0 atom stereocenters. The van der Waals surface area contributed by atoms with Gasteiger partial charge in [0.2, 0.25) is 5.76 Å². The monoisotopic (exact) mass is 174 g/mol. The molecule has 4 heteroatoms. The zero-order chi connectivity index (χ0) is 10.1. The summed E-state index contributed by atoms with van der Waals surface area (Å²) in [7, 11) is 1.12. The van der Waals surface area contributed by atoms with Gasteiger partial charge in [0.25, 0.3) is 0 Å². The average molecular weight is 174 g/mol. The van der Waals surface area contributed by atoms with Gasteiger partial charge in [-0.15, -0.1) is 0 Å². The van der Waals surface area contributed by atoms with Crippen molar-refractivity contribution >= 4 is 11.8 Å². The van der Waals surface area contributed by atoms with E-state index in [1.807, 2.05) is 13.8 Å². The lowest BCUT2D eigenvalue weighted by Crippen LogP contribution is -2.05. The van der Waals surface area contributed by atoms with E-state index < -0.39 is 17.5 Å². The number of ketones is 1. The van der Waals surface area contributed by atoms with Crippen molar-refractivity contribution in [3.05, 3.63) is 11.8 Å². The van der Waals surface area contributed by atoms with Crippen LogP contribution in [-0.2, 0) is 14.3 Å². The molecule has 4 nitrogen and oxygen atoms in total. The summed E-state index contributed by atoms with van der Waals surface area (Å²) in [6.07, 6.45) is 0.797. The second-order valence-corrected chi connectivity index (χ2v) is 1.63. The Morgan fingerprint density at radius 3 is 2.00 bits per heavy atom. The van der Waals surface area contributed by atoms with E-state index in [0.29, 0.717) is 0 Å². The van der Waals surface area contributed by atoms with E-state index in [4.69, 9.17) is 5.11 Å². The highest BCUT2D eigenvalue weighted by molar-refractivity contribution is 5.96. The molecule has 0 aromatic rings. The van der Waals surface area contributed by atoms with Gasteiger partial charge in [0, 0.05) is 6.08 Å². The summed E-state index contributed by atoms with van der Waals surface area (Å²) in [5, 5.41) is 8.65. The van der Waals surface area contributed by atoms with Crippen LogP contribution in [0.4, 0.5) is 0 Å². The minimum atomic E-state index is -0.907. The van der Waals surface area contributed by atoms with E-state index in [9.17, 15) is 9.59 Å². The highest BCUT2D eigenvalue weighted by Crippen LogP contribution is 1.90. The predicted molar refractivity (Wildman–Crippen MR) is 44.8 cm³/mol. The number of esters is 1. The molecule has 0 saturated carbocycles. The van der Waals surface area contributed by atoms with E-state index in [1.54, 1.807) is 0 Å². The Balaban J connectivity index is 0. The van der Waals surface area contributed by atoms with Crippen LogP contribution in [0.2, 0.25) is 0 Å². The second kappa shape index (κ2) is 7.78. The molecule has 0 rings (SSSR count). The maximum absolute atomic E-state index is 10.4. The zero-order valence-electron chi connectivity index (χ0n) is 7.75. The quantitative estimate of drug-likeness (QED) is 0.388. The largest absolute Gasteiger partial charge is 0.502 e. The van der Waals surface area contributed by atoms with E-state index in [2.05, 4.69) is 4.74 Å². The van der Waals surface area contributed by atoms with Gasteiger partial charge in [-0.3, -0.25) is 4.79 Å². The number of aliphatic hydroxyl groups excluding tert-OH is 1. The number of rotatable bonds is 2. The van der Waals surface area contributed by atoms with Crippen molar-refractivity contribution in [2.45, 2.75) is 20.8 Å². The van der Waals surface area contributed by atoms with Crippen molar-refractivity contribution in [1.82, 2.24) is 0 Å². The lowest BCUT2D eigenvalue weighted by Gasteiger charge is -1.93. The molecule has 70 valence electrons. The molecule has 0 amide bonds. The van der Waals surface area contributed by atoms with Gasteiger partial charge in [-0.25, -0.2) is 4.79 Å². The summed E-state index contributed by atoms with van der Waals surface area (Å²) in [5.41, 5.74) is 0. The molecule has 0 spiro atoms. The molecule has 0 aliphatic heterocycles. The van der Waals surface area contributed by atoms with Crippen LogP contribution in [0.5, 0.6) is 0 Å². The third-order valence-electron chi connectivity index (χ3n) is 0.735. The fourth-order valence-corrected chi connectivity index (χ4v) is 0.356. The third kappa shape index (κ3) is 6.80. The molecule has 0 bridgehead atoms. The van der Waals surface area contributed by atoms with E-state index in [1.165, 1.54) is 6.92 Å². The van der Waals surface area contributed by atoms with Gasteiger partial charge in [0.15, 0.2) is 5.78 Å². The Morgan fingerprint density at radius 2 is 1.75 bits per heavy atom. The topological polar surface area (TPSA) is 63.6 Å². The zero-order valence-corrected chi connectivity index (χ0v) is 7.75. The SMILES string of the molecule is CC.COC(=O)C(O)=CC(C)=O. The number of aliphatic hydroxyl groups is 1. The van der Waals surface area contributed by atoms with Crippen molar-refractivity contribution in [3.63, 3.8) is 0 Å². The lowest BCUT2D eigenvalue weighted by atomic mass is 10.3. The van der Waals surface area contributed by atoms with Gasteiger partial charge in [0.1, 0.15) is 0 Å². The maximum atomic E-state index is 10.4. The lowest BCUT2D eigenvalue weighted by molar-refractivity contribution is -0.139. The Labute approximate surface area is 71.8 Å². The minimum Gasteiger partial charge on any atom is -0.502 e. The molecule has 0 fully saturated rings. The first kappa shape index (κ1) is 13.3. The maximum Gasteiger partial charge on any atom is 0.373 e. The van der Waals surface area contributed by atoms with Gasteiger partial charge in [-0.1, -0.05) is 13.8 Å². The summed E-state index contributed by atoms with van der Waals surface area (Å²) < 4.78 is 4.10. The molecule has 0 aromatic heterocycles. The van der Waals surface area contributed by atoms with E-state index >= 15 is 0 Å². The summed E-state index contributed by atoms with van der Waals surface area (Å²) in [6.45, 7) is 5.22. The van der Waals surface area contributed by atoms with Crippen LogP contribution >= 0.6 is 0 Å². The number of carbonyl (C=O) groups is 2. The van der Waals surface area contributed by atoms with Crippen molar-refractivity contribution in [2.24, 2.45) is 0 Å². The Kier molecular flexibility index (Phi) is 8.62. The number of hydrogen-bond donors (Lipinski definition) is 1. The molecule has 0 aliphatic rings. The Morgan fingerprint density at radius 1 is 1.33 bits per heavy atom. The van der Waals surface area contributed by atoms with Crippen molar-refractivity contribution < 1.29 is 19.4 Å². The van der Waals surface area contributed by atoms with Crippen LogP contribution in [0.3, 0.4) is 0 Å². The number of carbonyl (C=O) groups excluding carboxylic acids is 2. The van der Waals surface area contributed by atoms with E-state index in [-0.39, 0.29) is 0 Å². The van der Waals surface area contributed by atoms with Gasteiger partial charge in [-0.05, 0) is 6.92 Å². The van der Waals surface area contributed by atoms with Crippen molar-refractivity contribution in [2.75, 3.05) is 7.11 Å². The van der Waals surface area contributed by atoms with Gasteiger partial charge in [0.05, 0.1) is 7.11 Å². The van der Waals surface area contributed by atoms with Crippen LogP contribution in [-0.4, -0.2) is 24.0 Å². The Bertz CT molecular complexity index is 181. The van der Waals surface area contributed by atoms with Crippen LogP contribution < -0.4 is 0 Å². The van der Waals surface area contributed by atoms with Crippen LogP contribution in [0, 0.1) is 0 Å². The predicted octanol–water partition coefficient (Wildman–Crippen LogP) is 1.22. The van der Waals surface area contributed by atoms with E-state index in [0.717, 1.165) is 13.2 Å².